The van der Waals surface area contributed by atoms with Crippen LogP contribution in [0.15, 0.2) is 24.3 Å². The first kappa shape index (κ1) is 22.8. The van der Waals surface area contributed by atoms with E-state index in [0.29, 0.717) is 18.1 Å². The number of hydrogen-bond acceptors (Lipinski definition) is 4. The fourth-order valence-electron chi connectivity index (χ4n) is 2.06. The third-order valence-electron chi connectivity index (χ3n) is 3.40. The van der Waals surface area contributed by atoms with Gasteiger partial charge in [0, 0.05) is 5.02 Å². The van der Waals surface area contributed by atoms with Crippen LogP contribution in [0.4, 0.5) is 0 Å². The molecule has 1 aromatic rings. The predicted octanol–water partition coefficient (Wildman–Crippen LogP) is 6.40. The highest BCUT2D eigenvalue weighted by Crippen LogP contribution is 2.36. The molecule has 0 amide bonds. The Morgan fingerprint density at radius 1 is 0.962 bits per heavy atom. The molecule has 0 aliphatic carbocycles. The number of unbranched alkanes of at least 4 members (excludes halogenated alkanes) is 3. The van der Waals surface area contributed by atoms with Crippen molar-refractivity contribution in [2.75, 3.05) is 6.61 Å². The summed E-state index contributed by atoms with van der Waals surface area (Å²) in [7, 11) is 0. The van der Waals surface area contributed by atoms with Gasteiger partial charge in [0.25, 0.3) is 0 Å². The van der Waals surface area contributed by atoms with Crippen molar-refractivity contribution in [3.05, 3.63) is 39.4 Å². The molecule has 4 nitrogen and oxygen atoms in total. The Balaban J connectivity index is 2.23. The Labute approximate surface area is 169 Å². The van der Waals surface area contributed by atoms with Crippen molar-refractivity contribution in [2.45, 2.75) is 51.9 Å². The molecule has 7 heteroatoms. The molecule has 0 unspecified atom stereocenters. The molecule has 0 saturated heterocycles. The summed E-state index contributed by atoms with van der Waals surface area (Å²) in [6.45, 7) is 2.46. The third kappa shape index (κ3) is 9.46. The minimum atomic E-state index is -0.621. The molecule has 0 aliphatic rings. The second-order valence-corrected chi connectivity index (χ2v) is 6.90. The normalized spacial score (nSPS) is 10.9. The first-order valence-corrected chi connectivity index (χ1v) is 9.73. The molecule has 0 atom stereocenters. The van der Waals surface area contributed by atoms with Crippen LogP contribution in [0.3, 0.4) is 0 Å². The van der Waals surface area contributed by atoms with Gasteiger partial charge in [0.1, 0.15) is 0 Å². The van der Waals surface area contributed by atoms with Gasteiger partial charge in [0.15, 0.2) is 5.75 Å². The molecular formula is C19H23Cl3O4. The zero-order valence-electron chi connectivity index (χ0n) is 14.7. The van der Waals surface area contributed by atoms with Crippen molar-refractivity contribution >= 4 is 46.7 Å². The van der Waals surface area contributed by atoms with Gasteiger partial charge >= 0.3 is 11.9 Å². The van der Waals surface area contributed by atoms with E-state index in [1.807, 2.05) is 6.08 Å². The summed E-state index contributed by atoms with van der Waals surface area (Å²) in [5.41, 5.74) is 0. The van der Waals surface area contributed by atoms with Gasteiger partial charge in [-0.1, -0.05) is 66.7 Å². The molecule has 0 saturated carbocycles. The van der Waals surface area contributed by atoms with E-state index < -0.39 is 11.9 Å². The maximum Gasteiger partial charge on any atom is 0.311 e. The minimum absolute atomic E-state index is 0.0318. The van der Waals surface area contributed by atoms with Crippen LogP contribution in [-0.2, 0) is 14.3 Å². The zero-order chi connectivity index (χ0) is 19.4. The molecule has 144 valence electrons. The first-order chi connectivity index (χ1) is 12.4. The molecule has 0 N–H and O–H groups in total. The van der Waals surface area contributed by atoms with E-state index in [9.17, 15) is 9.59 Å². The Kier molecular flexibility index (Phi) is 11.4. The van der Waals surface area contributed by atoms with Gasteiger partial charge in [-0.25, -0.2) is 0 Å². The molecular weight excluding hydrogens is 399 g/mol. The maximum absolute atomic E-state index is 11.8. The van der Waals surface area contributed by atoms with Gasteiger partial charge in [-0.15, -0.1) is 0 Å². The number of halogens is 3. The summed E-state index contributed by atoms with van der Waals surface area (Å²) in [5, 5.41) is 0.594. The number of ether oxygens (including phenoxy) is 2. The largest absolute Gasteiger partial charge is 0.465 e. The van der Waals surface area contributed by atoms with E-state index in [1.54, 1.807) is 0 Å². The molecule has 0 radical (unpaired) electrons. The average molecular weight is 422 g/mol. The summed E-state index contributed by atoms with van der Waals surface area (Å²) in [5.74, 6) is -1.04. The van der Waals surface area contributed by atoms with Gasteiger partial charge in [0.2, 0.25) is 0 Å². The number of allylic oxidation sites excluding steroid dienone is 1. The second kappa shape index (κ2) is 13.0. The van der Waals surface area contributed by atoms with E-state index in [0.717, 1.165) is 6.42 Å². The number of carbonyl (C=O) groups is 2. The molecule has 1 aromatic carbocycles. The van der Waals surface area contributed by atoms with Crippen molar-refractivity contribution in [3.8, 4) is 5.75 Å². The van der Waals surface area contributed by atoms with Crippen LogP contribution in [0.2, 0.25) is 15.1 Å². The highest BCUT2D eigenvalue weighted by atomic mass is 35.5. The van der Waals surface area contributed by atoms with Gasteiger partial charge in [-0.05, 0) is 31.4 Å². The lowest BCUT2D eigenvalue weighted by atomic mass is 10.2. The summed E-state index contributed by atoms with van der Waals surface area (Å²) in [6, 6.07) is 2.84. The van der Waals surface area contributed by atoms with E-state index in [2.05, 4.69) is 13.0 Å². The van der Waals surface area contributed by atoms with E-state index in [4.69, 9.17) is 44.3 Å². The average Bonchev–Trinajstić information content (AvgIpc) is 2.58. The molecule has 0 aromatic heterocycles. The molecule has 0 heterocycles. The van der Waals surface area contributed by atoms with Crippen LogP contribution in [0.25, 0.3) is 0 Å². The predicted molar refractivity (Wildman–Crippen MR) is 105 cm³/mol. The van der Waals surface area contributed by atoms with Crippen LogP contribution < -0.4 is 4.74 Å². The number of hydrogen-bond donors (Lipinski definition) is 0. The van der Waals surface area contributed by atoms with Gasteiger partial charge in [-0.2, -0.15) is 0 Å². The molecule has 0 bridgehead atoms. The van der Waals surface area contributed by atoms with Crippen LogP contribution in [0.5, 0.6) is 5.75 Å². The second-order valence-electron chi connectivity index (χ2n) is 5.65. The third-order valence-corrected chi connectivity index (χ3v) is 4.18. The van der Waals surface area contributed by atoms with Gasteiger partial charge in [0.05, 0.1) is 29.5 Å². The van der Waals surface area contributed by atoms with Crippen LogP contribution >= 0.6 is 34.8 Å². The lowest BCUT2D eigenvalue weighted by Gasteiger charge is -2.08. The molecule has 0 spiro atoms. The van der Waals surface area contributed by atoms with Crippen molar-refractivity contribution < 1.29 is 19.1 Å². The van der Waals surface area contributed by atoms with Crippen molar-refractivity contribution in [3.63, 3.8) is 0 Å². The standard InChI is InChI=1S/C19H23Cl3O4/c1-2-3-4-5-6-7-8-11-25-17(23)9-10-18(24)26-19-15(21)12-14(20)13-16(19)22/h6-7,12-13H,2-5,8-11H2,1H3/b7-6+. The summed E-state index contributed by atoms with van der Waals surface area (Å²) in [6.07, 6.45) is 9.22. The Morgan fingerprint density at radius 3 is 2.23 bits per heavy atom. The zero-order valence-corrected chi connectivity index (χ0v) is 17.0. The van der Waals surface area contributed by atoms with E-state index >= 15 is 0 Å². The Hall–Kier alpha value is -1.23. The van der Waals surface area contributed by atoms with Gasteiger partial charge < -0.3 is 9.47 Å². The lowest BCUT2D eigenvalue weighted by molar-refractivity contribution is -0.146. The van der Waals surface area contributed by atoms with Gasteiger partial charge in [-0.3, -0.25) is 9.59 Å². The summed E-state index contributed by atoms with van der Waals surface area (Å²) in [4.78, 5) is 23.4. The smallest absolute Gasteiger partial charge is 0.311 e. The Bertz CT molecular complexity index is 606. The molecule has 1 rings (SSSR count). The van der Waals surface area contributed by atoms with Crippen LogP contribution in [-0.4, -0.2) is 18.5 Å². The Morgan fingerprint density at radius 2 is 1.58 bits per heavy atom. The van der Waals surface area contributed by atoms with E-state index in [1.165, 1.54) is 31.4 Å². The lowest BCUT2D eigenvalue weighted by Crippen LogP contribution is -2.13. The number of esters is 2. The van der Waals surface area contributed by atoms with Crippen molar-refractivity contribution in [1.82, 2.24) is 0 Å². The van der Waals surface area contributed by atoms with Crippen molar-refractivity contribution in [2.24, 2.45) is 0 Å². The fraction of sp³-hybridized carbons (Fsp3) is 0.474. The summed E-state index contributed by atoms with van der Waals surface area (Å²) < 4.78 is 10.2. The maximum atomic E-state index is 11.8. The quantitative estimate of drug-likeness (QED) is 0.179. The van der Waals surface area contributed by atoms with Crippen LogP contribution in [0.1, 0.15) is 51.9 Å². The first-order valence-electron chi connectivity index (χ1n) is 8.59. The molecule has 0 fully saturated rings. The fourth-order valence-corrected chi connectivity index (χ4v) is 2.95. The highest BCUT2D eigenvalue weighted by Gasteiger charge is 2.15. The minimum Gasteiger partial charge on any atom is -0.465 e. The number of rotatable bonds is 11. The van der Waals surface area contributed by atoms with Crippen molar-refractivity contribution in [1.29, 1.82) is 0 Å². The highest BCUT2D eigenvalue weighted by molar-refractivity contribution is 6.40. The number of carbonyl (C=O) groups excluding carboxylic acids is 2. The SMILES string of the molecule is CCCCC/C=C/CCOC(=O)CCC(=O)Oc1c(Cl)cc(Cl)cc1Cl. The number of benzene rings is 1. The molecule has 26 heavy (non-hydrogen) atoms. The topological polar surface area (TPSA) is 52.6 Å². The summed E-state index contributed by atoms with van der Waals surface area (Å²) >= 11 is 17.7. The van der Waals surface area contributed by atoms with E-state index in [-0.39, 0.29) is 28.6 Å². The van der Waals surface area contributed by atoms with Crippen LogP contribution in [0, 0.1) is 0 Å². The monoisotopic (exact) mass is 420 g/mol. The molecule has 0 aliphatic heterocycles.